The van der Waals surface area contributed by atoms with Gasteiger partial charge in [-0.1, -0.05) is 41.9 Å². The van der Waals surface area contributed by atoms with Gasteiger partial charge in [0.2, 0.25) is 15.9 Å². The van der Waals surface area contributed by atoms with Gasteiger partial charge in [0.05, 0.1) is 16.5 Å². The molecule has 0 aliphatic carbocycles. The third-order valence-corrected chi connectivity index (χ3v) is 6.36. The summed E-state index contributed by atoms with van der Waals surface area (Å²) in [5.74, 6) is -2.63. The molecule has 0 saturated heterocycles. The van der Waals surface area contributed by atoms with Gasteiger partial charge in [0, 0.05) is 11.8 Å². The first-order valence-electron chi connectivity index (χ1n) is 9.94. The topological polar surface area (TPSA) is 84.5 Å². The molecule has 3 aromatic rings. The molecule has 0 radical (unpaired) electrons. The maximum Gasteiger partial charge on any atom is 0.242 e. The number of anilines is 1. The molecular weight excluding hydrogens is 474 g/mol. The minimum atomic E-state index is -4.17. The SMILES string of the molecule is CCOc1ccc(S(=O)(=O)N[C@H](Cc2ccccc2)C(=O)Nc2ccc(F)c(F)c2)cc1Cl. The predicted molar refractivity (Wildman–Crippen MR) is 122 cm³/mol. The van der Waals surface area contributed by atoms with E-state index < -0.39 is 33.6 Å². The van der Waals surface area contributed by atoms with Gasteiger partial charge in [-0.15, -0.1) is 0 Å². The summed E-state index contributed by atoms with van der Waals surface area (Å²) < 4.78 is 60.5. The van der Waals surface area contributed by atoms with Gasteiger partial charge < -0.3 is 10.1 Å². The van der Waals surface area contributed by atoms with E-state index in [2.05, 4.69) is 10.0 Å². The van der Waals surface area contributed by atoms with Crippen LogP contribution in [0.1, 0.15) is 12.5 Å². The average molecular weight is 495 g/mol. The van der Waals surface area contributed by atoms with E-state index in [-0.39, 0.29) is 22.0 Å². The lowest BCUT2D eigenvalue weighted by Crippen LogP contribution is -2.45. The second kappa shape index (κ2) is 10.7. The minimum Gasteiger partial charge on any atom is -0.492 e. The van der Waals surface area contributed by atoms with Crippen molar-refractivity contribution in [3.05, 3.63) is 89.0 Å². The third-order valence-electron chi connectivity index (χ3n) is 4.60. The predicted octanol–water partition coefficient (Wildman–Crippen LogP) is 4.55. The van der Waals surface area contributed by atoms with E-state index in [1.54, 1.807) is 37.3 Å². The van der Waals surface area contributed by atoms with Gasteiger partial charge in [-0.25, -0.2) is 17.2 Å². The van der Waals surface area contributed by atoms with Crippen molar-refractivity contribution in [2.24, 2.45) is 0 Å². The minimum absolute atomic E-state index is 0.0136. The highest BCUT2D eigenvalue weighted by Gasteiger charge is 2.27. The normalized spacial score (nSPS) is 12.2. The van der Waals surface area contributed by atoms with Crippen LogP contribution in [0.3, 0.4) is 0 Å². The Bertz CT molecular complexity index is 1240. The van der Waals surface area contributed by atoms with Gasteiger partial charge in [0.25, 0.3) is 0 Å². The molecule has 0 bridgehead atoms. The monoisotopic (exact) mass is 494 g/mol. The zero-order chi connectivity index (χ0) is 24.0. The molecule has 174 valence electrons. The van der Waals surface area contributed by atoms with E-state index in [0.29, 0.717) is 17.9 Å². The molecule has 0 fully saturated rings. The maximum absolute atomic E-state index is 13.5. The Labute approximate surface area is 195 Å². The summed E-state index contributed by atoms with van der Waals surface area (Å²) in [4.78, 5) is 12.8. The Balaban J connectivity index is 1.87. The van der Waals surface area contributed by atoms with E-state index in [4.69, 9.17) is 16.3 Å². The molecule has 0 aliphatic rings. The smallest absolute Gasteiger partial charge is 0.242 e. The summed E-state index contributed by atoms with van der Waals surface area (Å²) in [6.45, 7) is 2.12. The summed E-state index contributed by atoms with van der Waals surface area (Å²) >= 11 is 6.12. The van der Waals surface area contributed by atoms with Crippen molar-refractivity contribution in [2.75, 3.05) is 11.9 Å². The number of hydrogen-bond acceptors (Lipinski definition) is 4. The number of amides is 1. The van der Waals surface area contributed by atoms with Gasteiger partial charge in [-0.3, -0.25) is 4.79 Å². The molecule has 1 atom stereocenters. The third kappa shape index (κ3) is 6.50. The Kier molecular flexibility index (Phi) is 8.01. The fraction of sp³-hybridized carbons (Fsp3) is 0.174. The van der Waals surface area contributed by atoms with E-state index >= 15 is 0 Å². The number of carbonyl (C=O) groups excluding carboxylic acids is 1. The molecule has 3 aromatic carbocycles. The number of rotatable bonds is 9. The van der Waals surface area contributed by atoms with Crippen LogP contribution in [0.15, 0.2) is 71.6 Å². The van der Waals surface area contributed by atoms with Gasteiger partial charge >= 0.3 is 0 Å². The molecule has 0 heterocycles. The first-order valence-corrected chi connectivity index (χ1v) is 11.8. The van der Waals surface area contributed by atoms with Crippen molar-refractivity contribution in [3.63, 3.8) is 0 Å². The van der Waals surface area contributed by atoms with Crippen molar-refractivity contribution >= 4 is 33.2 Å². The van der Waals surface area contributed by atoms with Crippen LogP contribution < -0.4 is 14.8 Å². The molecule has 0 aliphatic heterocycles. The highest BCUT2D eigenvalue weighted by Crippen LogP contribution is 2.27. The van der Waals surface area contributed by atoms with E-state index in [1.807, 2.05) is 0 Å². The first-order chi connectivity index (χ1) is 15.7. The van der Waals surface area contributed by atoms with Crippen molar-refractivity contribution in [1.29, 1.82) is 0 Å². The van der Waals surface area contributed by atoms with Gasteiger partial charge in [-0.05, 0) is 49.2 Å². The van der Waals surface area contributed by atoms with Crippen LogP contribution in [0.2, 0.25) is 5.02 Å². The summed E-state index contributed by atoms with van der Waals surface area (Å²) in [7, 11) is -4.17. The first kappa shape index (κ1) is 24.6. The molecule has 10 heteroatoms. The highest BCUT2D eigenvalue weighted by atomic mass is 35.5. The van der Waals surface area contributed by atoms with E-state index in [1.165, 1.54) is 24.3 Å². The molecule has 2 N–H and O–H groups in total. The number of nitrogens with one attached hydrogen (secondary N) is 2. The molecule has 0 aromatic heterocycles. The lowest BCUT2D eigenvalue weighted by atomic mass is 10.1. The van der Waals surface area contributed by atoms with Crippen LogP contribution in [0.5, 0.6) is 5.75 Å². The molecule has 1 amide bonds. The fourth-order valence-corrected chi connectivity index (χ4v) is 4.54. The summed E-state index contributed by atoms with van der Waals surface area (Å²) in [6.07, 6.45) is 0.0142. The van der Waals surface area contributed by atoms with Crippen LogP contribution in [-0.2, 0) is 21.2 Å². The summed E-state index contributed by atoms with van der Waals surface area (Å²) in [5.41, 5.74) is 0.677. The average Bonchev–Trinajstić information content (AvgIpc) is 2.78. The molecule has 6 nitrogen and oxygen atoms in total. The van der Waals surface area contributed by atoms with Crippen molar-refractivity contribution in [2.45, 2.75) is 24.3 Å². The lowest BCUT2D eigenvalue weighted by molar-refractivity contribution is -0.117. The number of hydrogen-bond donors (Lipinski definition) is 2. The maximum atomic E-state index is 13.5. The van der Waals surface area contributed by atoms with E-state index in [0.717, 1.165) is 12.1 Å². The quantitative estimate of drug-likeness (QED) is 0.457. The Hall–Kier alpha value is -3.01. The largest absolute Gasteiger partial charge is 0.492 e. The van der Waals surface area contributed by atoms with Gasteiger partial charge in [0.1, 0.15) is 11.8 Å². The van der Waals surface area contributed by atoms with Crippen LogP contribution in [0.25, 0.3) is 0 Å². The molecule has 33 heavy (non-hydrogen) atoms. The summed E-state index contributed by atoms with van der Waals surface area (Å²) in [5, 5.41) is 2.53. The molecular formula is C23H21ClF2N2O4S. The summed E-state index contributed by atoms with van der Waals surface area (Å²) in [6, 6.07) is 14.3. The standard InChI is InChI=1S/C23H21ClF2N2O4S/c1-2-32-22-11-9-17(14-18(22)24)33(30,31)28-21(12-15-6-4-3-5-7-15)23(29)27-16-8-10-19(25)20(26)13-16/h3-11,13-14,21,28H,2,12H2,1H3,(H,27,29)/t21-/m1/s1. The van der Waals surface area contributed by atoms with Crippen LogP contribution in [0, 0.1) is 11.6 Å². The zero-order valence-electron chi connectivity index (χ0n) is 17.5. The Morgan fingerprint density at radius 1 is 1.03 bits per heavy atom. The Morgan fingerprint density at radius 3 is 2.39 bits per heavy atom. The number of benzene rings is 3. The zero-order valence-corrected chi connectivity index (χ0v) is 19.1. The number of ether oxygens (including phenoxy) is 1. The van der Waals surface area contributed by atoms with Crippen LogP contribution in [0.4, 0.5) is 14.5 Å². The Morgan fingerprint density at radius 2 is 1.76 bits per heavy atom. The number of carbonyl (C=O) groups is 1. The van der Waals surface area contributed by atoms with Crippen LogP contribution >= 0.6 is 11.6 Å². The molecule has 3 rings (SSSR count). The van der Waals surface area contributed by atoms with Gasteiger partial charge in [0.15, 0.2) is 11.6 Å². The molecule has 0 saturated carbocycles. The van der Waals surface area contributed by atoms with Crippen molar-refractivity contribution < 1.29 is 26.7 Å². The van der Waals surface area contributed by atoms with Gasteiger partial charge in [-0.2, -0.15) is 4.72 Å². The highest BCUT2D eigenvalue weighted by molar-refractivity contribution is 7.89. The number of halogens is 3. The molecule has 0 unspecified atom stereocenters. The van der Waals surface area contributed by atoms with E-state index in [9.17, 15) is 22.0 Å². The van der Waals surface area contributed by atoms with Crippen molar-refractivity contribution in [3.8, 4) is 5.75 Å². The fourth-order valence-electron chi connectivity index (χ4n) is 3.02. The van der Waals surface area contributed by atoms with Crippen molar-refractivity contribution in [1.82, 2.24) is 4.72 Å². The molecule has 0 spiro atoms. The second-order valence-corrected chi connectivity index (χ2v) is 9.13. The lowest BCUT2D eigenvalue weighted by Gasteiger charge is -2.19. The second-order valence-electron chi connectivity index (χ2n) is 7.01. The number of sulfonamides is 1. The van der Waals surface area contributed by atoms with Crippen LogP contribution in [-0.4, -0.2) is 27.0 Å².